The molecule has 1 unspecified atom stereocenters. The van der Waals surface area contributed by atoms with E-state index in [9.17, 15) is 4.79 Å². The third-order valence-electron chi connectivity index (χ3n) is 2.85. The molecule has 3 nitrogen and oxygen atoms in total. The molecule has 0 saturated carbocycles. The van der Waals surface area contributed by atoms with Crippen LogP contribution in [0.4, 0.5) is 0 Å². The molecule has 0 spiro atoms. The number of aliphatic hydroxyl groups is 1. The van der Waals surface area contributed by atoms with E-state index in [2.05, 4.69) is 0 Å². The Hall–Kier alpha value is -1.35. The van der Waals surface area contributed by atoms with Crippen LogP contribution in [-0.2, 0) is 4.79 Å². The summed E-state index contributed by atoms with van der Waals surface area (Å²) in [6.45, 7) is 5.09. The maximum atomic E-state index is 12.2. The summed E-state index contributed by atoms with van der Waals surface area (Å²) >= 11 is 0. The lowest BCUT2D eigenvalue weighted by Crippen LogP contribution is -2.37. The molecule has 0 aromatic heterocycles. The van der Waals surface area contributed by atoms with Crippen molar-refractivity contribution in [2.45, 2.75) is 26.2 Å². The van der Waals surface area contributed by atoms with Gasteiger partial charge in [-0.1, -0.05) is 37.3 Å². The minimum Gasteiger partial charge on any atom is -0.395 e. The molecule has 0 heterocycles. The Morgan fingerprint density at radius 2 is 1.94 bits per heavy atom. The Kier molecular flexibility index (Phi) is 5.70. The molecule has 94 valence electrons. The van der Waals surface area contributed by atoms with Gasteiger partial charge in [-0.2, -0.15) is 0 Å². The lowest BCUT2D eigenvalue weighted by atomic mass is 10.00. The minimum absolute atomic E-state index is 0.0211. The molecule has 0 bridgehead atoms. The number of hydrogen-bond acceptors (Lipinski definition) is 2. The molecule has 1 aromatic carbocycles. The summed E-state index contributed by atoms with van der Waals surface area (Å²) in [5, 5.41) is 8.97. The molecule has 0 aliphatic heterocycles. The van der Waals surface area contributed by atoms with Crippen molar-refractivity contribution in [3.05, 3.63) is 35.9 Å². The van der Waals surface area contributed by atoms with E-state index in [-0.39, 0.29) is 18.4 Å². The summed E-state index contributed by atoms with van der Waals surface area (Å²) in [5.74, 6) is -0.0543. The van der Waals surface area contributed by atoms with Gasteiger partial charge in [-0.05, 0) is 18.9 Å². The fourth-order valence-electron chi connectivity index (χ4n) is 1.88. The lowest BCUT2D eigenvalue weighted by Gasteiger charge is -2.24. The van der Waals surface area contributed by atoms with Crippen LogP contribution in [0.5, 0.6) is 0 Å². The van der Waals surface area contributed by atoms with Crippen LogP contribution >= 0.6 is 0 Å². The highest BCUT2D eigenvalue weighted by Crippen LogP contribution is 2.17. The molecule has 1 atom stereocenters. The second kappa shape index (κ2) is 7.07. The van der Waals surface area contributed by atoms with Crippen molar-refractivity contribution in [1.29, 1.82) is 0 Å². The zero-order valence-corrected chi connectivity index (χ0v) is 10.6. The van der Waals surface area contributed by atoms with E-state index in [1.807, 2.05) is 44.2 Å². The van der Waals surface area contributed by atoms with Gasteiger partial charge in [-0.25, -0.2) is 0 Å². The van der Waals surface area contributed by atoms with Crippen molar-refractivity contribution < 1.29 is 9.90 Å². The van der Waals surface area contributed by atoms with Gasteiger partial charge in [-0.3, -0.25) is 4.79 Å². The number of aliphatic hydroxyl groups excluding tert-OH is 1. The second-order valence-corrected chi connectivity index (χ2v) is 4.18. The van der Waals surface area contributed by atoms with Crippen LogP contribution in [0.25, 0.3) is 0 Å². The first kappa shape index (κ1) is 13.7. The van der Waals surface area contributed by atoms with Gasteiger partial charge in [0.15, 0.2) is 0 Å². The normalized spacial score (nSPS) is 12.2. The summed E-state index contributed by atoms with van der Waals surface area (Å²) in [6.07, 6.45) is 0.910. The largest absolute Gasteiger partial charge is 0.395 e. The highest BCUT2D eigenvalue weighted by molar-refractivity contribution is 5.83. The number of carbonyl (C=O) groups excluding carboxylic acids is 1. The maximum Gasteiger partial charge on any atom is 0.229 e. The quantitative estimate of drug-likeness (QED) is 0.819. The van der Waals surface area contributed by atoms with Gasteiger partial charge in [0.1, 0.15) is 0 Å². The molecule has 17 heavy (non-hydrogen) atoms. The average Bonchev–Trinajstić information content (AvgIpc) is 2.38. The smallest absolute Gasteiger partial charge is 0.229 e. The fourth-order valence-corrected chi connectivity index (χ4v) is 1.88. The standard InChI is InChI=1S/C14H21NO2/c1-3-9-15(10-11-16)14(17)12(2)13-7-5-4-6-8-13/h4-8,12,16H,3,9-11H2,1-2H3. The Morgan fingerprint density at radius 3 is 2.47 bits per heavy atom. The van der Waals surface area contributed by atoms with E-state index in [0.29, 0.717) is 13.1 Å². The molecule has 0 aliphatic carbocycles. The zero-order valence-electron chi connectivity index (χ0n) is 10.6. The van der Waals surface area contributed by atoms with E-state index in [0.717, 1.165) is 12.0 Å². The molecule has 1 aromatic rings. The highest BCUT2D eigenvalue weighted by atomic mass is 16.3. The SMILES string of the molecule is CCCN(CCO)C(=O)C(C)c1ccccc1. The molecule has 0 aliphatic rings. The summed E-state index contributed by atoms with van der Waals surface area (Å²) in [5.41, 5.74) is 1.02. The van der Waals surface area contributed by atoms with Crippen molar-refractivity contribution in [3.8, 4) is 0 Å². The predicted octanol–water partition coefficient (Wildman–Crippen LogP) is 2.02. The van der Waals surface area contributed by atoms with Crippen molar-refractivity contribution in [2.75, 3.05) is 19.7 Å². The minimum atomic E-state index is -0.144. The topological polar surface area (TPSA) is 40.5 Å². The Bertz CT molecular complexity index is 331. The Morgan fingerprint density at radius 1 is 1.29 bits per heavy atom. The molecule has 1 amide bonds. The first-order chi connectivity index (χ1) is 8.20. The van der Waals surface area contributed by atoms with Gasteiger partial charge >= 0.3 is 0 Å². The third kappa shape index (κ3) is 3.86. The summed E-state index contributed by atoms with van der Waals surface area (Å²) in [7, 11) is 0. The van der Waals surface area contributed by atoms with E-state index in [1.54, 1.807) is 4.90 Å². The van der Waals surface area contributed by atoms with Gasteiger partial charge in [0.2, 0.25) is 5.91 Å². The first-order valence-electron chi connectivity index (χ1n) is 6.15. The Balaban J connectivity index is 2.73. The van der Waals surface area contributed by atoms with Gasteiger partial charge < -0.3 is 10.0 Å². The van der Waals surface area contributed by atoms with Crippen LogP contribution in [0.1, 0.15) is 31.7 Å². The molecule has 3 heteroatoms. The number of amides is 1. The van der Waals surface area contributed by atoms with Gasteiger partial charge in [0.25, 0.3) is 0 Å². The van der Waals surface area contributed by atoms with E-state index in [4.69, 9.17) is 5.11 Å². The van der Waals surface area contributed by atoms with Crippen LogP contribution in [0.2, 0.25) is 0 Å². The van der Waals surface area contributed by atoms with Crippen LogP contribution in [0.15, 0.2) is 30.3 Å². The Labute approximate surface area is 103 Å². The molecular weight excluding hydrogens is 214 g/mol. The van der Waals surface area contributed by atoms with E-state index in [1.165, 1.54) is 0 Å². The lowest BCUT2D eigenvalue weighted by molar-refractivity contribution is -0.133. The van der Waals surface area contributed by atoms with Crippen molar-refractivity contribution >= 4 is 5.91 Å². The molecule has 0 saturated heterocycles. The highest BCUT2D eigenvalue weighted by Gasteiger charge is 2.20. The number of benzene rings is 1. The van der Waals surface area contributed by atoms with Gasteiger partial charge in [0.05, 0.1) is 12.5 Å². The fraction of sp³-hybridized carbons (Fsp3) is 0.500. The van der Waals surface area contributed by atoms with Gasteiger partial charge in [-0.15, -0.1) is 0 Å². The van der Waals surface area contributed by atoms with Gasteiger partial charge in [0, 0.05) is 13.1 Å². The second-order valence-electron chi connectivity index (χ2n) is 4.18. The van der Waals surface area contributed by atoms with Crippen molar-refractivity contribution in [1.82, 2.24) is 4.90 Å². The maximum absolute atomic E-state index is 12.2. The number of nitrogens with zero attached hydrogens (tertiary/aromatic N) is 1. The number of hydrogen-bond donors (Lipinski definition) is 1. The molecule has 1 rings (SSSR count). The molecule has 0 fully saturated rings. The van der Waals surface area contributed by atoms with E-state index < -0.39 is 0 Å². The molecule has 1 N–H and O–H groups in total. The van der Waals surface area contributed by atoms with Crippen LogP contribution in [0.3, 0.4) is 0 Å². The first-order valence-corrected chi connectivity index (χ1v) is 6.15. The van der Waals surface area contributed by atoms with E-state index >= 15 is 0 Å². The van der Waals surface area contributed by atoms with Crippen LogP contribution < -0.4 is 0 Å². The van der Waals surface area contributed by atoms with Crippen LogP contribution in [0, 0.1) is 0 Å². The molecule has 0 radical (unpaired) electrons. The average molecular weight is 235 g/mol. The van der Waals surface area contributed by atoms with Crippen molar-refractivity contribution in [2.24, 2.45) is 0 Å². The summed E-state index contributed by atoms with van der Waals surface area (Å²) < 4.78 is 0. The van der Waals surface area contributed by atoms with Crippen LogP contribution in [-0.4, -0.2) is 35.6 Å². The van der Waals surface area contributed by atoms with Crippen molar-refractivity contribution in [3.63, 3.8) is 0 Å². The number of carbonyl (C=O) groups is 1. The molecular formula is C14H21NO2. The monoisotopic (exact) mass is 235 g/mol. The summed E-state index contributed by atoms with van der Waals surface area (Å²) in [6, 6.07) is 9.75. The predicted molar refractivity (Wildman–Crippen MR) is 68.8 cm³/mol. The summed E-state index contributed by atoms with van der Waals surface area (Å²) in [4.78, 5) is 14.0. The third-order valence-corrected chi connectivity index (χ3v) is 2.85. The zero-order chi connectivity index (χ0) is 12.7. The number of rotatable bonds is 6.